The van der Waals surface area contributed by atoms with E-state index in [0.717, 1.165) is 25.7 Å². The van der Waals surface area contributed by atoms with E-state index < -0.39 is 17.2 Å². The number of alkyl halides is 3. The highest BCUT2D eigenvalue weighted by molar-refractivity contribution is 7.15. The zero-order valence-corrected chi connectivity index (χ0v) is 11.8. The second kappa shape index (κ2) is 6.56. The van der Waals surface area contributed by atoms with Gasteiger partial charge >= 0.3 is 12.2 Å². The molecule has 2 atom stereocenters. The third kappa shape index (κ3) is 4.27. The summed E-state index contributed by atoms with van der Waals surface area (Å²) in [6.07, 6.45) is -1.07. The average molecular weight is 324 g/mol. The lowest BCUT2D eigenvalue weighted by atomic mass is 9.85. The molecule has 3 N–H and O–H groups in total. The lowest BCUT2D eigenvalue weighted by Crippen LogP contribution is -2.45. The first-order valence-corrected chi connectivity index (χ1v) is 7.31. The van der Waals surface area contributed by atoms with E-state index in [9.17, 15) is 23.1 Å². The highest BCUT2D eigenvalue weighted by atomic mass is 32.1. The zero-order chi connectivity index (χ0) is 15.5. The van der Waals surface area contributed by atoms with Crippen LogP contribution in [0.25, 0.3) is 0 Å². The Hall–Kier alpha value is -1.42. The molecular weight excluding hydrogens is 309 g/mol. The molecule has 0 aliphatic heterocycles. The summed E-state index contributed by atoms with van der Waals surface area (Å²) in [7, 11) is 0. The maximum atomic E-state index is 12.4. The third-order valence-corrected chi connectivity index (χ3v) is 4.23. The first-order chi connectivity index (χ1) is 9.90. The van der Waals surface area contributed by atoms with Gasteiger partial charge in [-0.25, -0.2) is 4.79 Å². The normalized spacial score (nSPS) is 22.9. The number of amides is 2. The molecule has 21 heavy (non-hydrogen) atoms. The SMILES string of the molecule is O=C(Nc1nnc(C(F)(F)F)s1)NC1CCCCC1CO. The van der Waals surface area contributed by atoms with Crippen LogP contribution in [0.3, 0.4) is 0 Å². The Morgan fingerprint density at radius 1 is 1.33 bits per heavy atom. The van der Waals surface area contributed by atoms with Gasteiger partial charge in [0.05, 0.1) is 0 Å². The Kier molecular flexibility index (Phi) is 4.99. The minimum absolute atomic E-state index is 0.0235. The van der Waals surface area contributed by atoms with Crippen LogP contribution in [0.1, 0.15) is 30.7 Å². The Labute approximate surface area is 122 Å². The van der Waals surface area contributed by atoms with Gasteiger partial charge in [0.15, 0.2) is 0 Å². The zero-order valence-electron chi connectivity index (χ0n) is 11.0. The number of halogens is 3. The molecule has 118 valence electrons. The third-order valence-electron chi connectivity index (χ3n) is 3.35. The average Bonchev–Trinajstić information content (AvgIpc) is 2.87. The van der Waals surface area contributed by atoms with E-state index in [1.165, 1.54) is 0 Å². The Morgan fingerprint density at radius 3 is 2.67 bits per heavy atom. The van der Waals surface area contributed by atoms with Gasteiger partial charge in [-0.05, 0) is 12.8 Å². The van der Waals surface area contributed by atoms with Gasteiger partial charge < -0.3 is 10.4 Å². The van der Waals surface area contributed by atoms with Crippen LogP contribution in [0.2, 0.25) is 0 Å². The van der Waals surface area contributed by atoms with Crippen LogP contribution < -0.4 is 10.6 Å². The van der Waals surface area contributed by atoms with Gasteiger partial charge in [0.1, 0.15) is 0 Å². The minimum atomic E-state index is -4.57. The van der Waals surface area contributed by atoms with Gasteiger partial charge in [-0.2, -0.15) is 13.2 Å². The Bertz CT molecular complexity index is 494. The summed E-state index contributed by atoms with van der Waals surface area (Å²) in [6, 6.07) is -0.816. The standard InChI is InChI=1S/C11H15F3N4O2S/c12-11(13,14)8-17-18-10(21-8)16-9(20)15-7-4-2-1-3-6(7)5-19/h6-7,19H,1-5H2,(H2,15,16,18,20). The summed E-state index contributed by atoms with van der Waals surface area (Å²) < 4.78 is 37.1. The molecule has 0 saturated heterocycles. The van der Waals surface area contributed by atoms with Crippen molar-refractivity contribution < 1.29 is 23.1 Å². The van der Waals surface area contributed by atoms with Gasteiger partial charge in [-0.3, -0.25) is 5.32 Å². The first-order valence-electron chi connectivity index (χ1n) is 6.49. The van der Waals surface area contributed by atoms with Gasteiger partial charge in [0, 0.05) is 18.6 Å². The van der Waals surface area contributed by atoms with Crippen molar-refractivity contribution in [2.24, 2.45) is 5.92 Å². The fourth-order valence-electron chi connectivity index (χ4n) is 2.31. The fraction of sp³-hybridized carbons (Fsp3) is 0.727. The number of aromatic nitrogens is 2. The van der Waals surface area contributed by atoms with Crippen molar-refractivity contribution in [2.45, 2.75) is 37.9 Å². The lowest BCUT2D eigenvalue weighted by molar-refractivity contribution is -0.138. The number of nitrogens with zero attached hydrogens (tertiary/aromatic N) is 2. The molecule has 1 aromatic heterocycles. The lowest BCUT2D eigenvalue weighted by Gasteiger charge is -2.30. The fourth-order valence-corrected chi connectivity index (χ4v) is 2.91. The molecule has 0 spiro atoms. The molecule has 6 nitrogen and oxygen atoms in total. The van der Waals surface area contributed by atoms with Gasteiger partial charge in [-0.1, -0.05) is 24.2 Å². The van der Waals surface area contributed by atoms with E-state index in [4.69, 9.17) is 0 Å². The van der Waals surface area contributed by atoms with Crippen LogP contribution in [0.4, 0.5) is 23.1 Å². The molecule has 0 bridgehead atoms. The number of anilines is 1. The van der Waals surface area contributed by atoms with E-state index >= 15 is 0 Å². The molecule has 1 saturated carbocycles. The van der Waals surface area contributed by atoms with Crippen molar-refractivity contribution in [3.05, 3.63) is 5.01 Å². The summed E-state index contributed by atoms with van der Waals surface area (Å²) in [5.41, 5.74) is 0. The predicted octanol–water partition coefficient (Wildman–Crippen LogP) is 2.23. The summed E-state index contributed by atoms with van der Waals surface area (Å²) >= 11 is 0.268. The number of urea groups is 1. The predicted molar refractivity (Wildman–Crippen MR) is 69.9 cm³/mol. The van der Waals surface area contributed by atoms with Crippen molar-refractivity contribution in [3.8, 4) is 0 Å². The molecule has 1 aliphatic carbocycles. The van der Waals surface area contributed by atoms with Crippen molar-refractivity contribution in [1.82, 2.24) is 15.5 Å². The highest BCUT2D eigenvalue weighted by Crippen LogP contribution is 2.33. The molecule has 1 aliphatic rings. The largest absolute Gasteiger partial charge is 0.445 e. The molecule has 2 amide bonds. The van der Waals surface area contributed by atoms with Crippen molar-refractivity contribution >= 4 is 22.5 Å². The number of aliphatic hydroxyl groups excluding tert-OH is 1. The number of aliphatic hydroxyl groups is 1. The molecule has 0 aromatic carbocycles. The topological polar surface area (TPSA) is 87.1 Å². The summed E-state index contributed by atoms with van der Waals surface area (Å²) in [5.74, 6) is -0.0235. The molecule has 2 rings (SSSR count). The van der Waals surface area contributed by atoms with E-state index in [1.807, 2.05) is 0 Å². The quantitative estimate of drug-likeness (QED) is 0.796. The summed E-state index contributed by atoms with van der Waals surface area (Å²) in [6.45, 7) is -0.0258. The highest BCUT2D eigenvalue weighted by Gasteiger charge is 2.36. The van der Waals surface area contributed by atoms with E-state index in [2.05, 4.69) is 20.8 Å². The number of carbonyl (C=O) groups is 1. The summed E-state index contributed by atoms with van der Waals surface area (Å²) in [4.78, 5) is 11.8. The number of hydrogen-bond donors (Lipinski definition) is 3. The molecular formula is C11H15F3N4O2S. The van der Waals surface area contributed by atoms with Crippen LogP contribution in [-0.2, 0) is 6.18 Å². The van der Waals surface area contributed by atoms with E-state index in [0.29, 0.717) is 0 Å². The maximum absolute atomic E-state index is 12.4. The monoisotopic (exact) mass is 324 g/mol. The second-order valence-electron chi connectivity index (χ2n) is 4.84. The maximum Gasteiger partial charge on any atom is 0.445 e. The molecule has 2 unspecified atom stereocenters. The van der Waals surface area contributed by atoms with Crippen LogP contribution >= 0.6 is 11.3 Å². The number of nitrogens with one attached hydrogen (secondary N) is 2. The van der Waals surface area contributed by atoms with Gasteiger partial charge in [-0.15, -0.1) is 10.2 Å². The molecule has 10 heteroatoms. The second-order valence-corrected chi connectivity index (χ2v) is 5.82. The van der Waals surface area contributed by atoms with Crippen molar-refractivity contribution in [3.63, 3.8) is 0 Å². The molecule has 0 radical (unpaired) electrons. The molecule has 1 aromatic rings. The molecule has 1 heterocycles. The Morgan fingerprint density at radius 2 is 2.05 bits per heavy atom. The molecule has 1 fully saturated rings. The van der Waals surface area contributed by atoms with Crippen LogP contribution in [-0.4, -0.2) is 34.0 Å². The van der Waals surface area contributed by atoms with Crippen LogP contribution in [0.15, 0.2) is 0 Å². The minimum Gasteiger partial charge on any atom is -0.396 e. The number of rotatable bonds is 3. The summed E-state index contributed by atoms with van der Waals surface area (Å²) in [5, 5.41) is 19.1. The van der Waals surface area contributed by atoms with Crippen molar-refractivity contribution in [2.75, 3.05) is 11.9 Å². The van der Waals surface area contributed by atoms with E-state index in [-0.39, 0.29) is 35.0 Å². The smallest absolute Gasteiger partial charge is 0.396 e. The van der Waals surface area contributed by atoms with Crippen LogP contribution in [0.5, 0.6) is 0 Å². The Balaban J connectivity index is 1.91. The number of hydrogen-bond acceptors (Lipinski definition) is 5. The van der Waals surface area contributed by atoms with E-state index in [1.54, 1.807) is 0 Å². The van der Waals surface area contributed by atoms with Gasteiger partial charge in [0.25, 0.3) is 0 Å². The van der Waals surface area contributed by atoms with Crippen LogP contribution in [0, 0.1) is 5.92 Å². The number of carbonyl (C=O) groups excluding carboxylic acids is 1. The van der Waals surface area contributed by atoms with Gasteiger partial charge in [0.2, 0.25) is 10.1 Å². The first kappa shape index (κ1) is 16.0. The van der Waals surface area contributed by atoms with Crippen molar-refractivity contribution in [1.29, 1.82) is 0 Å².